The van der Waals surface area contributed by atoms with Gasteiger partial charge in [0.15, 0.2) is 0 Å². The minimum absolute atomic E-state index is 0.0592. The molecule has 0 spiro atoms. The average Bonchev–Trinajstić information content (AvgIpc) is 3.15. The molecular weight excluding hydrogens is 379 g/mol. The minimum Gasteiger partial charge on any atom is -0.468 e. The highest BCUT2D eigenvalue weighted by Gasteiger charge is 2.57. The number of ether oxygens (including phenoxy) is 1. The van der Waals surface area contributed by atoms with Gasteiger partial charge in [0.05, 0.1) is 17.6 Å². The normalized spacial score (nSPS) is 29.1. The largest absolute Gasteiger partial charge is 0.468 e. The van der Waals surface area contributed by atoms with Crippen LogP contribution in [0.5, 0.6) is 0 Å². The van der Waals surface area contributed by atoms with E-state index < -0.39 is 5.54 Å². The summed E-state index contributed by atoms with van der Waals surface area (Å²) in [5.74, 6) is -0.672. The van der Waals surface area contributed by atoms with Gasteiger partial charge in [-0.2, -0.15) is 0 Å². The Labute approximate surface area is 147 Å². The van der Waals surface area contributed by atoms with Crippen LogP contribution in [0.3, 0.4) is 0 Å². The fraction of sp³-hybridized carbons (Fsp3) is 0.562. The first-order chi connectivity index (χ1) is 11.5. The number of methoxy groups -OCH3 is 1. The summed E-state index contributed by atoms with van der Waals surface area (Å²) in [4.78, 5) is 17.8. The number of nitrogens with zero attached hydrogens (tertiary/aromatic N) is 4. The van der Waals surface area contributed by atoms with Gasteiger partial charge in [0.1, 0.15) is 11.4 Å². The van der Waals surface area contributed by atoms with E-state index in [1.807, 2.05) is 0 Å². The molecule has 128 valence electrons. The molecule has 0 amide bonds. The molecule has 0 aromatic heterocycles. The second-order valence-electron chi connectivity index (χ2n) is 6.33. The number of rotatable bonds is 4. The number of hydrogen-bond donors (Lipinski definition) is 0. The zero-order valence-corrected chi connectivity index (χ0v) is 14.9. The number of azide groups is 1. The first-order valence-corrected chi connectivity index (χ1v) is 8.64. The predicted molar refractivity (Wildman–Crippen MR) is 89.8 cm³/mol. The van der Waals surface area contributed by atoms with E-state index in [2.05, 4.69) is 30.9 Å². The van der Waals surface area contributed by atoms with Crippen LogP contribution >= 0.6 is 15.9 Å². The molecule has 1 aromatic carbocycles. The summed E-state index contributed by atoms with van der Waals surface area (Å²) < 4.78 is 19.0. The molecular formula is C16H18BrFN4O2. The first-order valence-electron chi connectivity index (χ1n) is 7.85. The molecule has 2 aliphatic heterocycles. The van der Waals surface area contributed by atoms with Crippen molar-refractivity contribution in [1.29, 1.82) is 0 Å². The van der Waals surface area contributed by atoms with Crippen molar-refractivity contribution in [3.05, 3.63) is 44.5 Å². The number of halogens is 2. The second-order valence-corrected chi connectivity index (χ2v) is 7.18. The van der Waals surface area contributed by atoms with Gasteiger partial charge in [-0.05, 0) is 65.0 Å². The molecule has 8 heteroatoms. The van der Waals surface area contributed by atoms with Gasteiger partial charge in [0.25, 0.3) is 0 Å². The lowest BCUT2D eigenvalue weighted by atomic mass is 9.86. The van der Waals surface area contributed by atoms with Crippen molar-refractivity contribution in [2.45, 2.75) is 43.3 Å². The van der Waals surface area contributed by atoms with Crippen molar-refractivity contribution in [2.24, 2.45) is 5.11 Å². The Kier molecular flexibility index (Phi) is 4.80. The first kappa shape index (κ1) is 17.2. The molecule has 2 fully saturated rings. The third-order valence-corrected chi connectivity index (χ3v) is 5.69. The molecule has 0 N–H and O–H groups in total. The van der Waals surface area contributed by atoms with Gasteiger partial charge >= 0.3 is 5.97 Å². The van der Waals surface area contributed by atoms with Crippen molar-refractivity contribution < 1.29 is 13.9 Å². The van der Waals surface area contributed by atoms with Crippen LogP contribution in [0.4, 0.5) is 4.39 Å². The van der Waals surface area contributed by atoms with Gasteiger partial charge in [0, 0.05) is 17.4 Å². The summed E-state index contributed by atoms with van der Waals surface area (Å²) in [6.07, 6.45) is 2.67. The van der Waals surface area contributed by atoms with Gasteiger partial charge in [-0.3, -0.25) is 9.69 Å². The zero-order valence-electron chi connectivity index (χ0n) is 13.3. The molecule has 0 unspecified atom stereocenters. The second kappa shape index (κ2) is 6.70. The molecule has 6 nitrogen and oxygen atoms in total. The maximum absolute atomic E-state index is 13.5. The van der Waals surface area contributed by atoms with Gasteiger partial charge in [-0.1, -0.05) is 11.2 Å². The Balaban J connectivity index is 2.00. The van der Waals surface area contributed by atoms with Crippen LogP contribution in [0.15, 0.2) is 27.8 Å². The number of carbonyl (C=O) groups excluding carboxylic acids is 1. The van der Waals surface area contributed by atoms with E-state index in [1.165, 1.54) is 13.2 Å². The predicted octanol–water partition coefficient (Wildman–Crippen LogP) is 3.59. The quantitative estimate of drug-likeness (QED) is 0.337. The van der Waals surface area contributed by atoms with Crippen LogP contribution in [-0.4, -0.2) is 42.1 Å². The van der Waals surface area contributed by atoms with Crippen LogP contribution in [-0.2, 0) is 16.0 Å². The lowest BCUT2D eigenvalue weighted by Gasteiger charge is -2.35. The molecule has 0 aliphatic carbocycles. The van der Waals surface area contributed by atoms with Gasteiger partial charge in [-0.25, -0.2) is 4.39 Å². The number of fused-ring (bicyclic) bond motifs is 1. The summed E-state index contributed by atoms with van der Waals surface area (Å²) in [5, 5.41) is 3.91. The highest BCUT2D eigenvalue weighted by molar-refractivity contribution is 9.10. The van der Waals surface area contributed by atoms with Gasteiger partial charge in [-0.15, -0.1) is 0 Å². The molecule has 24 heavy (non-hydrogen) atoms. The van der Waals surface area contributed by atoms with E-state index in [4.69, 9.17) is 10.3 Å². The Bertz CT molecular complexity index is 709. The number of hydrogen-bond acceptors (Lipinski definition) is 4. The fourth-order valence-electron chi connectivity index (χ4n) is 4.13. The van der Waals surface area contributed by atoms with E-state index in [0.29, 0.717) is 17.3 Å². The molecule has 0 saturated carbocycles. The van der Waals surface area contributed by atoms with Crippen LogP contribution in [0.1, 0.15) is 24.8 Å². The highest BCUT2D eigenvalue weighted by Crippen LogP contribution is 2.44. The average molecular weight is 397 g/mol. The molecule has 2 aliphatic rings. The molecule has 2 saturated heterocycles. The summed E-state index contributed by atoms with van der Waals surface area (Å²) in [6.45, 7) is 0.763. The van der Waals surface area contributed by atoms with Crippen molar-refractivity contribution in [3.63, 3.8) is 0 Å². The minimum atomic E-state index is -0.869. The SMILES string of the molecule is COC(=O)[C@]1(Cc2ccc(F)c(Br)c2)C[C@@H](N=[N+]=[N-])[C@@H]2CCCN21. The van der Waals surface area contributed by atoms with E-state index in [9.17, 15) is 9.18 Å². The molecule has 3 rings (SSSR count). The topological polar surface area (TPSA) is 78.3 Å². The summed E-state index contributed by atoms with van der Waals surface area (Å²) in [6, 6.07) is 4.55. The van der Waals surface area contributed by atoms with Crippen LogP contribution in [0.25, 0.3) is 10.4 Å². The maximum atomic E-state index is 13.5. The Morgan fingerprint density at radius 1 is 1.62 bits per heavy atom. The fourth-order valence-corrected chi connectivity index (χ4v) is 4.56. The van der Waals surface area contributed by atoms with Crippen molar-refractivity contribution in [2.75, 3.05) is 13.7 Å². The summed E-state index contributed by atoms with van der Waals surface area (Å²) in [5.41, 5.74) is 8.81. The summed E-state index contributed by atoms with van der Waals surface area (Å²) >= 11 is 3.19. The number of benzene rings is 1. The molecule has 0 bridgehead atoms. The Hall–Kier alpha value is -1.63. The third-order valence-electron chi connectivity index (χ3n) is 5.09. The number of carbonyl (C=O) groups is 1. The molecule has 2 heterocycles. The van der Waals surface area contributed by atoms with Gasteiger partial charge < -0.3 is 4.74 Å². The Morgan fingerprint density at radius 3 is 3.08 bits per heavy atom. The standard InChI is InChI=1S/C16H18BrFN4O2/c1-24-15(23)16(8-10-4-5-12(18)11(17)7-10)9-13(20-21-19)14-3-2-6-22(14)16/h4-5,7,13-14H,2-3,6,8-9H2,1H3/t13-,14+,16+/m1/s1. The monoisotopic (exact) mass is 396 g/mol. The van der Waals surface area contributed by atoms with Crippen molar-refractivity contribution in [1.82, 2.24) is 4.90 Å². The Morgan fingerprint density at radius 2 is 2.42 bits per heavy atom. The lowest BCUT2D eigenvalue weighted by Crippen LogP contribution is -2.53. The zero-order chi connectivity index (χ0) is 17.3. The third kappa shape index (κ3) is 2.79. The van der Waals surface area contributed by atoms with Crippen LogP contribution in [0, 0.1) is 5.82 Å². The number of esters is 1. The van der Waals surface area contributed by atoms with Crippen LogP contribution < -0.4 is 0 Å². The van der Waals surface area contributed by atoms with Gasteiger partial charge in [0.2, 0.25) is 0 Å². The molecule has 0 radical (unpaired) electrons. The van der Waals surface area contributed by atoms with E-state index in [0.717, 1.165) is 24.9 Å². The van der Waals surface area contributed by atoms with Crippen molar-refractivity contribution in [3.8, 4) is 0 Å². The lowest BCUT2D eigenvalue weighted by molar-refractivity contribution is -0.153. The van der Waals surface area contributed by atoms with Crippen LogP contribution in [0.2, 0.25) is 0 Å². The smallest absolute Gasteiger partial charge is 0.326 e. The molecule has 1 aromatic rings. The van der Waals surface area contributed by atoms with Crippen molar-refractivity contribution >= 4 is 21.9 Å². The molecule has 3 atom stereocenters. The van der Waals surface area contributed by atoms with E-state index >= 15 is 0 Å². The summed E-state index contributed by atoms with van der Waals surface area (Å²) in [7, 11) is 1.37. The maximum Gasteiger partial charge on any atom is 0.326 e. The highest BCUT2D eigenvalue weighted by atomic mass is 79.9. The van der Waals surface area contributed by atoms with E-state index in [1.54, 1.807) is 12.1 Å². The van der Waals surface area contributed by atoms with E-state index in [-0.39, 0.29) is 23.9 Å².